The fourth-order valence-electron chi connectivity index (χ4n) is 1.91. The van der Waals surface area contributed by atoms with Crippen LogP contribution in [0.25, 0.3) is 0 Å². The molecule has 0 saturated heterocycles. The van der Waals surface area contributed by atoms with Gasteiger partial charge in [0.15, 0.2) is 0 Å². The molecule has 0 saturated carbocycles. The van der Waals surface area contributed by atoms with Crippen molar-refractivity contribution in [2.24, 2.45) is 5.10 Å². The van der Waals surface area contributed by atoms with E-state index in [1.807, 2.05) is 24.3 Å². The third-order valence-electron chi connectivity index (χ3n) is 3.10. The monoisotopic (exact) mass is 375 g/mol. The summed E-state index contributed by atoms with van der Waals surface area (Å²) >= 11 is 3.35. The molecule has 2 aromatic rings. The van der Waals surface area contributed by atoms with Gasteiger partial charge in [0, 0.05) is 16.6 Å². The van der Waals surface area contributed by atoms with E-state index in [4.69, 9.17) is 0 Å². The average molecular weight is 376 g/mol. The number of hydrogen-bond acceptors (Lipinski definition) is 4. The number of hydrogen-bond donors (Lipinski definition) is 1. The minimum absolute atomic E-state index is 0.0266. The molecule has 0 aromatic heterocycles. The molecule has 7 heteroatoms. The maximum Gasteiger partial charge on any atom is 0.269 e. The number of non-ortho nitro benzene ring substituents is 1. The Morgan fingerprint density at radius 2 is 1.96 bits per heavy atom. The molecule has 0 radical (unpaired) electrons. The number of nitrogens with zero attached hydrogens (tertiary/aromatic N) is 2. The summed E-state index contributed by atoms with van der Waals surface area (Å²) in [6.07, 6.45) is 0.0266. The molecule has 2 aromatic carbocycles. The van der Waals surface area contributed by atoms with Gasteiger partial charge in [-0.3, -0.25) is 14.9 Å². The van der Waals surface area contributed by atoms with E-state index < -0.39 is 4.92 Å². The first-order valence-electron chi connectivity index (χ1n) is 6.78. The van der Waals surface area contributed by atoms with Gasteiger partial charge in [-0.1, -0.05) is 40.2 Å². The van der Waals surface area contributed by atoms with Crippen molar-refractivity contribution in [1.82, 2.24) is 5.43 Å². The highest BCUT2D eigenvalue weighted by molar-refractivity contribution is 9.10. The lowest BCUT2D eigenvalue weighted by atomic mass is 10.1. The van der Waals surface area contributed by atoms with Crippen LogP contribution < -0.4 is 5.43 Å². The van der Waals surface area contributed by atoms with Crippen LogP contribution in [0.2, 0.25) is 0 Å². The van der Waals surface area contributed by atoms with Crippen LogP contribution in [0.5, 0.6) is 0 Å². The number of hydrazone groups is 1. The van der Waals surface area contributed by atoms with Gasteiger partial charge in [-0.15, -0.1) is 0 Å². The van der Waals surface area contributed by atoms with Crippen LogP contribution in [0.1, 0.15) is 18.1 Å². The Bertz CT molecular complexity index is 757. The maximum absolute atomic E-state index is 11.9. The number of halogens is 1. The van der Waals surface area contributed by atoms with Crippen molar-refractivity contribution >= 4 is 33.2 Å². The van der Waals surface area contributed by atoms with Gasteiger partial charge in [0.05, 0.1) is 17.1 Å². The van der Waals surface area contributed by atoms with Crippen LogP contribution in [-0.2, 0) is 11.2 Å². The van der Waals surface area contributed by atoms with Crippen molar-refractivity contribution < 1.29 is 9.72 Å². The number of nitrogens with one attached hydrogen (secondary N) is 1. The Morgan fingerprint density at radius 1 is 1.26 bits per heavy atom. The number of amides is 1. The number of rotatable bonds is 5. The molecule has 1 N–H and O–H groups in total. The average Bonchev–Trinajstić information content (AvgIpc) is 2.53. The molecule has 6 nitrogen and oxygen atoms in total. The molecule has 0 aliphatic carbocycles. The summed E-state index contributed by atoms with van der Waals surface area (Å²) in [7, 11) is 0. The van der Waals surface area contributed by atoms with Gasteiger partial charge in [0.1, 0.15) is 0 Å². The van der Waals surface area contributed by atoms with Crippen LogP contribution in [0.4, 0.5) is 5.69 Å². The lowest BCUT2D eigenvalue weighted by Gasteiger charge is -2.04. The zero-order chi connectivity index (χ0) is 16.8. The third kappa shape index (κ3) is 5.00. The van der Waals surface area contributed by atoms with Crippen LogP contribution in [0, 0.1) is 10.1 Å². The fraction of sp³-hybridized carbons (Fsp3) is 0.125. The number of nitro groups is 1. The van der Waals surface area contributed by atoms with E-state index in [0.29, 0.717) is 11.3 Å². The topological polar surface area (TPSA) is 84.6 Å². The Labute approximate surface area is 141 Å². The van der Waals surface area contributed by atoms with Crippen LogP contribution in [-0.4, -0.2) is 16.5 Å². The summed E-state index contributed by atoms with van der Waals surface area (Å²) in [5, 5.41) is 14.8. The normalized spacial score (nSPS) is 11.1. The molecule has 0 aliphatic heterocycles. The summed E-state index contributed by atoms with van der Waals surface area (Å²) in [6.45, 7) is 1.79. The summed E-state index contributed by atoms with van der Waals surface area (Å²) in [5.41, 5.74) is 4.55. The highest BCUT2D eigenvalue weighted by atomic mass is 79.9. The van der Waals surface area contributed by atoms with Crippen molar-refractivity contribution in [2.45, 2.75) is 13.3 Å². The Morgan fingerprint density at radius 3 is 2.61 bits per heavy atom. The first-order chi connectivity index (χ1) is 11.0. The third-order valence-corrected chi connectivity index (χ3v) is 3.63. The van der Waals surface area contributed by atoms with Crippen LogP contribution in [0.3, 0.4) is 0 Å². The van der Waals surface area contributed by atoms with Crippen molar-refractivity contribution in [3.8, 4) is 0 Å². The molecule has 23 heavy (non-hydrogen) atoms. The Hall–Kier alpha value is -2.54. The van der Waals surface area contributed by atoms with Crippen molar-refractivity contribution in [1.29, 1.82) is 0 Å². The van der Waals surface area contributed by atoms with Gasteiger partial charge in [-0.2, -0.15) is 5.10 Å². The van der Waals surface area contributed by atoms with E-state index in [-0.39, 0.29) is 18.0 Å². The summed E-state index contributed by atoms with van der Waals surface area (Å²) < 4.78 is 0.962. The lowest BCUT2D eigenvalue weighted by Crippen LogP contribution is -2.21. The van der Waals surface area contributed by atoms with Gasteiger partial charge in [0.25, 0.3) is 5.69 Å². The highest BCUT2D eigenvalue weighted by Gasteiger charge is 2.08. The SMILES string of the molecule is C/C(=N\NC(=O)Cc1cccc([N+](=O)[O-])c1)c1ccc(Br)cc1. The van der Waals surface area contributed by atoms with Gasteiger partial charge in [-0.25, -0.2) is 5.43 Å². The molecule has 0 atom stereocenters. The first-order valence-corrected chi connectivity index (χ1v) is 7.57. The zero-order valence-electron chi connectivity index (χ0n) is 12.3. The van der Waals surface area contributed by atoms with Gasteiger partial charge in [0.2, 0.25) is 5.91 Å². The quantitative estimate of drug-likeness (QED) is 0.493. The molecule has 0 bridgehead atoms. The molecule has 0 heterocycles. The molecular weight excluding hydrogens is 362 g/mol. The van der Waals surface area contributed by atoms with E-state index in [1.54, 1.807) is 19.1 Å². The van der Waals surface area contributed by atoms with E-state index in [2.05, 4.69) is 26.5 Å². The molecule has 2 rings (SSSR count). The second-order valence-corrected chi connectivity index (χ2v) is 5.76. The molecule has 0 spiro atoms. The maximum atomic E-state index is 11.9. The number of benzene rings is 2. The molecular formula is C16H14BrN3O3. The summed E-state index contributed by atoms with van der Waals surface area (Å²) in [5.74, 6) is -0.332. The molecule has 0 unspecified atom stereocenters. The van der Waals surface area contributed by atoms with E-state index in [1.165, 1.54) is 12.1 Å². The molecule has 0 fully saturated rings. The van der Waals surface area contributed by atoms with Gasteiger partial charge >= 0.3 is 0 Å². The summed E-state index contributed by atoms with van der Waals surface area (Å²) in [6, 6.07) is 13.5. The minimum Gasteiger partial charge on any atom is -0.273 e. The lowest BCUT2D eigenvalue weighted by molar-refractivity contribution is -0.384. The van der Waals surface area contributed by atoms with Gasteiger partial charge < -0.3 is 0 Å². The molecule has 118 valence electrons. The number of carbonyl (C=O) groups is 1. The molecule has 0 aliphatic rings. The standard InChI is InChI=1S/C16H14BrN3O3/c1-11(13-5-7-14(17)8-6-13)18-19-16(21)10-12-3-2-4-15(9-12)20(22)23/h2-9H,10H2,1H3,(H,19,21)/b18-11+. The predicted octanol–water partition coefficient (Wildman–Crippen LogP) is 3.44. The second-order valence-electron chi connectivity index (χ2n) is 4.84. The van der Waals surface area contributed by atoms with Crippen LogP contribution in [0.15, 0.2) is 58.1 Å². The highest BCUT2D eigenvalue weighted by Crippen LogP contribution is 2.13. The van der Waals surface area contributed by atoms with Crippen LogP contribution >= 0.6 is 15.9 Å². The number of carbonyl (C=O) groups excluding carboxylic acids is 1. The molecule has 1 amide bonds. The van der Waals surface area contributed by atoms with Crippen molar-refractivity contribution in [2.75, 3.05) is 0 Å². The Balaban J connectivity index is 1.99. The Kier molecular flexibility index (Phi) is 5.59. The second kappa shape index (κ2) is 7.64. The van der Waals surface area contributed by atoms with Gasteiger partial charge in [-0.05, 0) is 30.2 Å². The van der Waals surface area contributed by atoms with E-state index >= 15 is 0 Å². The summed E-state index contributed by atoms with van der Waals surface area (Å²) in [4.78, 5) is 22.1. The smallest absolute Gasteiger partial charge is 0.269 e. The fourth-order valence-corrected chi connectivity index (χ4v) is 2.17. The first kappa shape index (κ1) is 16.8. The largest absolute Gasteiger partial charge is 0.273 e. The predicted molar refractivity (Wildman–Crippen MR) is 91.3 cm³/mol. The minimum atomic E-state index is -0.489. The van der Waals surface area contributed by atoms with Crippen molar-refractivity contribution in [3.05, 3.63) is 74.2 Å². The zero-order valence-corrected chi connectivity index (χ0v) is 13.9. The van der Waals surface area contributed by atoms with Crippen molar-refractivity contribution in [3.63, 3.8) is 0 Å². The van der Waals surface area contributed by atoms with E-state index in [9.17, 15) is 14.9 Å². The number of nitro benzene ring substituents is 1. The van der Waals surface area contributed by atoms with E-state index in [0.717, 1.165) is 10.0 Å².